The lowest BCUT2D eigenvalue weighted by molar-refractivity contribution is -0.355. The predicted molar refractivity (Wildman–Crippen MR) is 54.7 cm³/mol. The molecule has 0 aliphatic heterocycles. The first-order chi connectivity index (χ1) is 7.76. The molecule has 7 heteroatoms. The monoisotopic (exact) mass is 270 g/mol. The fraction of sp³-hybridized carbons (Fsp3) is 0.400. The number of halogens is 4. The third-order valence-electron chi connectivity index (χ3n) is 1.95. The fourth-order valence-electron chi connectivity index (χ4n) is 0.984. The average Bonchev–Trinajstić information content (AvgIpc) is 2.25. The van der Waals surface area contributed by atoms with E-state index in [2.05, 4.69) is 4.74 Å². The molecule has 17 heavy (non-hydrogen) atoms. The van der Waals surface area contributed by atoms with E-state index >= 15 is 0 Å². The minimum absolute atomic E-state index is 0.0832. The smallest absolute Gasteiger partial charge is 0.446 e. The molecule has 0 saturated carbocycles. The summed E-state index contributed by atoms with van der Waals surface area (Å²) in [7, 11) is 0. The van der Waals surface area contributed by atoms with Crippen molar-refractivity contribution in [3.63, 3.8) is 0 Å². The summed E-state index contributed by atoms with van der Waals surface area (Å²) in [6.45, 7) is -1.30. The van der Waals surface area contributed by atoms with Gasteiger partial charge < -0.3 is 14.9 Å². The molecule has 96 valence electrons. The van der Waals surface area contributed by atoms with Gasteiger partial charge in [-0.2, -0.15) is 13.2 Å². The lowest BCUT2D eigenvalue weighted by atomic mass is 10.2. The zero-order valence-electron chi connectivity index (χ0n) is 8.54. The van der Waals surface area contributed by atoms with Crippen molar-refractivity contribution < 1.29 is 28.1 Å². The molecule has 0 aliphatic rings. The average molecular weight is 271 g/mol. The van der Waals surface area contributed by atoms with Crippen LogP contribution in [-0.2, 0) is 5.88 Å². The van der Waals surface area contributed by atoms with Crippen LogP contribution < -0.4 is 4.74 Å². The van der Waals surface area contributed by atoms with E-state index in [0.717, 1.165) is 0 Å². The van der Waals surface area contributed by atoms with Crippen LogP contribution in [0.5, 0.6) is 5.75 Å². The van der Waals surface area contributed by atoms with Crippen LogP contribution in [0.15, 0.2) is 24.3 Å². The molecule has 1 aromatic rings. The van der Waals surface area contributed by atoms with Gasteiger partial charge in [-0.05, 0) is 17.7 Å². The third kappa shape index (κ3) is 3.76. The minimum Gasteiger partial charge on any atom is -0.488 e. The molecule has 0 radical (unpaired) electrons. The van der Waals surface area contributed by atoms with Crippen LogP contribution in [0.3, 0.4) is 0 Å². The molecule has 0 unspecified atom stereocenters. The van der Waals surface area contributed by atoms with Crippen molar-refractivity contribution in [2.24, 2.45) is 0 Å². The van der Waals surface area contributed by atoms with Crippen molar-refractivity contribution in [1.82, 2.24) is 0 Å². The summed E-state index contributed by atoms with van der Waals surface area (Å²) in [6.07, 6.45) is -5.17. The number of hydrogen-bond donors (Lipinski definition) is 2. The van der Waals surface area contributed by atoms with Crippen molar-refractivity contribution in [2.75, 3.05) is 6.61 Å². The van der Waals surface area contributed by atoms with Gasteiger partial charge in [-0.15, -0.1) is 11.6 Å². The standard InChI is InChI=1S/C10H10ClF3O3/c11-5-7-2-1-3-8(4-7)17-6-9(15,16)10(12,13)14/h1-4,15-16H,5-6H2. The van der Waals surface area contributed by atoms with Gasteiger partial charge in [0, 0.05) is 5.88 Å². The number of ether oxygens (including phenoxy) is 1. The molecule has 0 atom stereocenters. The van der Waals surface area contributed by atoms with Crippen LogP contribution in [-0.4, -0.2) is 28.8 Å². The molecule has 0 fully saturated rings. The second kappa shape index (κ2) is 5.12. The van der Waals surface area contributed by atoms with Gasteiger partial charge in [0.05, 0.1) is 0 Å². The van der Waals surface area contributed by atoms with Crippen LogP contribution >= 0.6 is 11.6 Å². The van der Waals surface area contributed by atoms with E-state index < -0.39 is 18.6 Å². The number of aliphatic hydroxyl groups is 2. The summed E-state index contributed by atoms with van der Waals surface area (Å²) >= 11 is 5.53. The van der Waals surface area contributed by atoms with Crippen molar-refractivity contribution in [3.05, 3.63) is 29.8 Å². The summed E-state index contributed by atoms with van der Waals surface area (Å²) in [5, 5.41) is 17.4. The van der Waals surface area contributed by atoms with Gasteiger partial charge in [-0.25, -0.2) is 0 Å². The maximum atomic E-state index is 12.1. The highest BCUT2D eigenvalue weighted by molar-refractivity contribution is 6.17. The number of alkyl halides is 4. The van der Waals surface area contributed by atoms with Crippen LogP contribution in [0.4, 0.5) is 13.2 Å². The van der Waals surface area contributed by atoms with Gasteiger partial charge >= 0.3 is 6.18 Å². The minimum atomic E-state index is -5.17. The molecule has 0 spiro atoms. The molecule has 0 bridgehead atoms. The number of hydrogen-bond acceptors (Lipinski definition) is 3. The van der Waals surface area contributed by atoms with E-state index in [9.17, 15) is 13.2 Å². The summed E-state index contributed by atoms with van der Waals surface area (Å²) in [4.78, 5) is 0. The number of rotatable bonds is 4. The molecule has 0 heterocycles. The van der Waals surface area contributed by atoms with Gasteiger partial charge in [-0.3, -0.25) is 0 Å². The largest absolute Gasteiger partial charge is 0.488 e. The first-order valence-electron chi connectivity index (χ1n) is 4.55. The van der Waals surface area contributed by atoms with Crippen LogP contribution in [0.1, 0.15) is 5.56 Å². The molecule has 0 aromatic heterocycles. The van der Waals surface area contributed by atoms with Gasteiger partial charge in [-0.1, -0.05) is 12.1 Å². The van der Waals surface area contributed by atoms with E-state index in [1.54, 1.807) is 6.07 Å². The molecule has 2 N–H and O–H groups in total. The lowest BCUT2D eigenvalue weighted by Gasteiger charge is -2.24. The lowest BCUT2D eigenvalue weighted by Crippen LogP contribution is -2.49. The molecule has 1 aromatic carbocycles. The summed E-state index contributed by atoms with van der Waals surface area (Å²) in [6, 6.07) is 6.01. The predicted octanol–water partition coefficient (Wildman–Crippen LogP) is 2.05. The summed E-state index contributed by atoms with van der Waals surface area (Å²) in [5.74, 6) is -3.61. The Kier molecular flexibility index (Phi) is 4.24. The first-order valence-corrected chi connectivity index (χ1v) is 5.09. The van der Waals surface area contributed by atoms with Crippen molar-refractivity contribution in [1.29, 1.82) is 0 Å². The second-order valence-corrected chi connectivity index (χ2v) is 3.65. The highest BCUT2D eigenvalue weighted by Crippen LogP contribution is 2.28. The highest BCUT2D eigenvalue weighted by Gasteiger charge is 2.53. The fourth-order valence-corrected chi connectivity index (χ4v) is 1.15. The Morgan fingerprint density at radius 3 is 2.41 bits per heavy atom. The van der Waals surface area contributed by atoms with E-state index in [1.807, 2.05) is 0 Å². The van der Waals surface area contributed by atoms with Crippen LogP contribution in [0.2, 0.25) is 0 Å². The molecular formula is C10H10ClF3O3. The van der Waals surface area contributed by atoms with E-state index in [0.29, 0.717) is 5.56 Å². The Morgan fingerprint density at radius 2 is 1.88 bits per heavy atom. The molecule has 0 amide bonds. The molecule has 0 aliphatic carbocycles. The first kappa shape index (κ1) is 14.1. The van der Waals surface area contributed by atoms with Gasteiger partial charge in [0.2, 0.25) is 0 Å². The van der Waals surface area contributed by atoms with Gasteiger partial charge in [0.15, 0.2) is 6.61 Å². The van der Waals surface area contributed by atoms with E-state index in [4.69, 9.17) is 21.8 Å². The summed E-state index contributed by atoms with van der Waals surface area (Å²) < 4.78 is 40.9. The van der Waals surface area contributed by atoms with Crippen LogP contribution in [0, 0.1) is 0 Å². The maximum Gasteiger partial charge on any atom is 0.446 e. The number of benzene rings is 1. The highest BCUT2D eigenvalue weighted by atomic mass is 35.5. The molecule has 0 saturated heterocycles. The zero-order chi connectivity index (χ0) is 13.1. The van der Waals surface area contributed by atoms with Crippen molar-refractivity contribution >= 4 is 11.6 Å². The quantitative estimate of drug-likeness (QED) is 0.650. The Hall–Kier alpha value is -0.980. The molecule has 1 rings (SSSR count). The third-order valence-corrected chi connectivity index (χ3v) is 2.26. The van der Waals surface area contributed by atoms with Crippen molar-refractivity contribution in [2.45, 2.75) is 17.8 Å². The topological polar surface area (TPSA) is 49.7 Å². The Bertz CT molecular complexity index is 379. The van der Waals surface area contributed by atoms with Crippen molar-refractivity contribution in [3.8, 4) is 5.75 Å². The normalized spacial score (nSPS) is 12.6. The van der Waals surface area contributed by atoms with E-state index in [1.165, 1.54) is 18.2 Å². The Balaban J connectivity index is 2.67. The molecular weight excluding hydrogens is 261 g/mol. The molecule has 3 nitrogen and oxygen atoms in total. The van der Waals surface area contributed by atoms with Crippen LogP contribution in [0.25, 0.3) is 0 Å². The van der Waals surface area contributed by atoms with E-state index in [-0.39, 0.29) is 11.6 Å². The Labute approximate surface area is 100 Å². The Morgan fingerprint density at radius 1 is 1.24 bits per heavy atom. The van der Waals surface area contributed by atoms with Gasteiger partial charge in [0.25, 0.3) is 5.79 Å². The zero-order valence-corrected chi connectivity index (χ0v) is 9.29. The SMILES string of the molecule is OC(O)(COc1cccc(CCl)c1)C(F)(F)F. The van der Waals surface area contributed by atoms with Gasteiger partial charge in [0.1, 0.15) is 5.75 Å². The summed E-state index contributed by atoms with van der Waals surface area (Å²) in [5.41, 5.74) is 0.651. The maximum absolute atomic E-state index is 12.1. The second-order valence-electron chi connectivity index (χ2n) is 3.38.